The van der Waals surface area contributed by atoms with Crippen LogP contribution in [0.15, 0.2) is 24.3 Å². The predicted molar refractivity (Wildman–Crippen MR) is 65.0 cm³/mol. The standard InChI is InChI=1S/C11H15FN2O2S/c12-10-3-1-4-11(9-10)14-7-2-5-13-6-8-17(14,15)16/h1,3-4,9,13H,2,5-8H2. The summed E-state index contributed by atoms with van der Waals surface area (Å²) in [4.78, 5) is 0. The summed E-state index contributed by atoms with van der Waals surface area (Å²) in [6.07, 6.45) is 0.718. The number of anilines is 1. The van der Waals surface area contributed by atoms with Gasteiger partial charge in [-0.25, -0.2) is 12.8 Å². The summed E-state index contributed by atoms with van der Waals surface area (Å²) in [7, 11) is -3.35. The third-order valence-electron chi connectivity index (χ3n) is 2.68. The Labute approximate surface area is 100 Å². The van der Waals surface area contributed by atoms with Crippen LogP contribution >= 0.6 is 0 Å². The van der Waals surface area contributed by atoms with Crippen LogP contribution in [-0.2, 0) is 10.0 Å². The topological polar surface area (TPSA) is 49.4 Å². The molecule has 0 saturated carbocycles. The number of nitrogens with one attached hydrogen (secondary N) is 1. The van der Waals surface area contributed by atoms with E-state index in [0.717, 1.165) is 13.0 Å². The van der Waals surface area contributed by atoms with Gasteiger partial charge in [-0.15, -0.1) is 0 Å². The minimum absolute atomic E-state index is 0.0452. The Bertz CT molecular complexity index is 490. The number of nitrogens with zero attached hydrogens (tertiary/aromatic N) is 1. The lowest BCUT2D eigenvalue weighted by Crippen LogP contribution is -2.41. The van der Waals surface area contributed by atoms with E-state index in [1.54, 1.807) is 6.07 Å². The highest BCUT2D eigenvalue weighted by Crippen LogP contribution is 2.20. The molecule has 1 aliphatic rings. The molecule has 6 heteroatoms. The maximum atomic E-state index is 13.1. The molecular weight excluding hydrogens is 243 g/mol. The van der Waals surface area contributed by atoms with E-state index in [4.69, 9.17) is 0 Å². The minimum atomic E-state index is -3.35. The van der Waals surface area contributed by atoms with Crippen LogP contribution < -0.4 is 9.62 Å². The molecule has 0 amide bonds. The highest BCUT2D eigenvalue weighted by atomic mass is 32.2. The molecule has 4 nitrogen and oxygen atoms in total. The van der Waals surface area contributed by atoms with E-state index in [0.29, 0.717) is 18.8 Å². The second-order valence-corrected chi connectivity index (χ2v) is 5.98. The molecule has 17 heavy (non-hydrogen) atoms. The van der Waals surface area contributed by atoms with Gasteiger partial charge in [0.15, 0.2) is 0 Å². The van der Waals surface area contributed by atoms with E-state index < -0.39 is 15.8 Å². The quantitative estimate of drug-likeness (QED) is 0.816. The Morgan fingerprint density at radius 1 is 1.29 bits per heavy atom. The van der Waals surface area contributed by atoms with Crippen molar-refractivity contribution in [1.82, 2.24) is 5.32 Å². The Morgan fingerprint density at radius 3 is 2.88 bits per heavy atom. The fourth-order valence-electron chi connectivity index (χ4n) is 1.84. The average Bonchev–Trinajstić information content (AvgIpc) is 2.25. The van der Waals surface area contributed by atoms with Crippen molar-refractivity contribution in [2.45, 2.75) is 6.42 Å². The van der Waals surface area contributed by atoms with Gasteiger partial charge in [0.25, 0.3) is 0 Å². The molecule has 0 bridgehead atoms. The molecule has 94 valence electrons. The summed E-state index contributed by atoms with van der Waals surface area (Å²) < 4.78 is 38.5. The van der Waals surface area contributed by atoms with Crippen molar-refractivity contribution in [3.63, 3.8) is 0 Å². The Morgan fingerprint density at radius 2 is 2.12 bits per heavy atom. The number of hydrogen-bond acceptors (Lipinski definition) is 3. The lowest BCUT2D eigenvalue weighted by atomic mass is 10.3. The first kappa shape index (κ1) is 12.3. The molecule has 1 aliphatic heterocycles. The van der Waals surface area contributed by atoms with Crippen LogP contribution in [0.5, 0.6) is 0 Å². The molecule has 0 aromatic heterocycles. The van der Waals surface area contributed by atoms with Crippen molar-refractivity contribution >= 4 is 15.7 Å². The third-order valence-corrected chi connectivity index (χ3v) is 4.47. The summed E-state index contributed by atoms with van der Waals surface area (Å²) in [5, 5.41) is 3.05. The van der Waals surface area contributed by atoms with E-state index in [1.807, 2.05) is 0 Å². The molecule has 1 aromatic carbocycles. The molecule has 0 spiro atoms. The molecule has 0 aliphatic carbocycles. The van der Waals surface area contributed by atoms with Crippen LogP contribution in [0.3, 0.4) is 0 Å². The molecule has 1 saturated heterocycles. The molecular formula is C11H15FN2O2S. The predicted octanol–water partition coefficient (Wildman–Crippen LogP) is 0.955. The van der Waals surface area contributed by atoms with Gasteiger partial charge in [0, 0.05) is 13.1 Å². The number of rotatable bonds is 1. The van der Waals surface area contributed by atoms with E-state index in [-0.39, 0.29) is 5.75 Å². The minimum Gasteiger partial charge on any atom is -0.316 e. The number of hydrogen-bond donors (Lipinski definition) is 1. The first-order chi connectivity index (χ1) is 8.09. The van der Waals surface area contributed by atoms with Crippen LogP contribution in [-0.4, -0.2) is 33.8 Å². The van der Waals surface area contributed by atoms with Crippen molar-refractivity contribution in [2.24, 2.45) is 0 Å². The van der Waals surface area contributed by atoms with Crippen LogP contribution in [0.1, 0.15) is 6.42 Å². The molecule has 1 fully saturated rings. The Balaban J connectivity index is 2.32. The summed E-state index contributed by atoms with van der Waals surface area (Å²) in [6.45, 7) is 1.61. The fourth-order valence-corrected chi connectivity index (χ4v) is 3.31. The lowest BCUT2D eigenvalue weighted by Gasteiger charge is -2.26. The average molecular weight is 258 g/mol. The molecule has 2 rings (SSSR count). The monoisotopic (exact) mass is 258 g/mol. The Kier molecular flexibility index (Phi) is 3.63. The van der Waals surface area contributed by atoms with Gasteiger partial charge in [-0.2, -0.15) is 0 Å². The second-order valence-electron chi connectivity index (χ2n) is 3.97. The van der Waals surface area contributed by atoms with Gasteiger partial charge in [0.1, 0.15) is 5.82 Å². The van der Waals surface area contributed by atoms with Gasteiger partial charge in [-0.1, -0.05) is 6.07 Å². The number of halogens is 1. The van der Waals surface area contributed by atoms with Crippen LogP contribution in [0, 0.1) is 5.82 Å². The first-order valence-electron chi connectivity index (χ1n) is 5.56. The van der Waals surface area contributed by atoms with Gasteiger partial charge < -0.3 is 5.32 Å². The van der Waals surface area contributed by atoms with E-state index in [9.17, 15) is 12.8 Å². The van der Waals surface area contributed by atoms with Crippen molar-refractivity contribution in [1.29, 1.82) is 0 Å². The smallest absolute Gasteiger partial charge is 0.236 e. The summed E-state index contributed by atoms with van der Waals surface area (Å²) in [5.74, 6) is -0.373. The van der Waals surface area contributed by atoms with Crippen molar-refractivity contribution in [3.05, 3.63) is 30.1 Å². The maximum absolute atomic E-state index is 13.1. The SMILES string of the molecule is O=S1(=O)CCNCCCN1c1cccc(F)c1. The van der Waals surface area contributed by atoms with Crippen molar-refractivity contribution in [3.8, 4) is 0 Å². The third kappa shape index (κ3) is 2.95. The van der Waals surface area contributed by atoms with Crippen LogP contribution in [0.25, 0.3) is 0 Å². The number of sulfonamides is 1. The largest absolute Gasteiger partial charge is 0.316 e. The summed E-state index contributed by atoms with van der Waals surface area (Å²) in [5.41, 5.74) is 0.409. The molecule has 1 aromatic rings. The van der Waals surface area contributed by atoms with Crippen LogP contribution in [0.2, 0.25) is 0 Å². The highest BCUT2D eigenvalue weighted by Gasteiger charge is 2.23. The van der Waals surface area contributed by atoms with Gasteiger partial charge in [0.05, 0.1) is 11.4 Å². The highest BCUT2D eigenvalue weighted by molar-refractivity contribution is 7.92. The maximum Gasteiger partial charge on any atom is 0.236 e. The summed E-state index contributed by atoms with van der Waals surface area (Å²) >= 11 is 0. The van der Waals surface area contributed by atoms with Gasteiger partial charge in [0.2, 0.25) is 10.0 Å². The van der Waals surface area contributed by atoms with Gasteiger partial charge in [-0.05, 0) is 31.2 Å². The molecule has 0 radical (unpaired) electrons. The van der Waals surface area contributed by atoms with Gasteiger partial charge in [-0.3, -0.25) is 4.31 Å². The fraction of sp³-hybridized carbons (Fsp3) is 0.455. The van der Waals surface area contributed by atoms with E-state index in [2.05, 4.69) is 5.32 Å². The first-order valence-corrected chi connectivity index (χ1v) is 7.17. The molecule has 1 heterocycles. The second kappa shape index (κ2) is 5.01. The molecule has 0 atom stereocenters. The van der Waals surface area contributed by atoms with E-state index >= 15 is 0 Å². The zero-order chi connectivity index (χ0) is 12.3. The Hall–Kier alpha value is -1.14. The number of benzene rings is 1. The molecule has 1 N–H and O–H groups in total. The lowest BCUT2D eigenvalue weighted by molar-refractivity contribution is 0.571. The van der Waals surface area contributed by atoms with E-state index in [1.165, 1.54) is 22.5 Å². The van der Waals surface area contributed by atoms with Crippen molar-refractivity contribution < 1.29 is 12.8 Å². The van der Waals surface area contributed by atoms with Crippen molar-refractivity contribution in [2.75, 3.05) is 29.7 Å². The van der Waals surface area contributed by atoms with Gasteiger partial charge >= 0.3 is 0 Å². The summed E-state index contributed by atoms with van der Waals surface area (Å²) in [6, 6.07) is 5.71. The van der Waals surface area contributed by atoms with Crippen LogP contribution in [0.4, 0.5) is 10.1 Å². The molecule has 0 unspecified atom stereocenters. The zero-order valence-corrected chi connectivity index (χ0v) is 10.2. The zero-order valence-electron chi connectivity index (χ0n) is 9.39. The normalized spacial score (nSPS) is 20.6.